The van der Waals surface area contributed by atoms with Gasteiger partial charge in [-0.15, -0.1) is 0 Å². The van der Waals surface area contributed by atoms with E-state index in [-0.39, 0.29) is 17.8 Å². The quantitative estimate of drug-likeness (QED) is 0.671. The van der Waals surface area contributed by atoms with Gasteiger partial charge in [0.15, 0.2) is 11.6 Å². The van der Waals surface area contributed by atoms with E-state index in [1.807, 2.05) is 0 Å². The standard InChI is InChI=1S/C23H28FN3O3/c1-17(2)15-27-10-11-29-20(16-27)14-26-23(28)8-6-18-5-7-22(21(24)12-18)30-19-4-3-9-25-13-19/h3-9,12-13,17,20H,10-11,14-16H2,1-2H3,(H,26,28)/b8-6+. The number of pyridine rings is 1. The van der Waals surface area contributed by atoms with Gasteiger partial charge in [0.1, 0.15) is 5.75 Å². The number of rotatable bonds is 8. The molecule has 1 aromatic carbocycles. The van der Waals surface area contributed by atoms with Crippen molar-refractivity contribution < 1.29 is 18.7 Å². The molecule has 1 aromatic heterocycles. The second-order valence-corrected chi connectivity index (χ2v) is 7.71. The first-order valence-corrected chi connectivity index (χ1v) is 10.2. The van der Waals surface area contributed by atoms with E-state index < -0.39 is 5.82 Å². The Hall–Kier alpha value is -2.77. The van der Waals surface area contributed by atoms with Crippen molar-refractivity contribution in [3.05, 3.63) is 60.2 Å². The van der Waals surface area contributed by atoms with Crippen LogP contribution in [0.3, 0.4) is 0 Å². The molecule has 0 saturated carbocycles. The Morgan fingerprint density at radius 1 is 1.43 bits per heavy atom. The highest BCUT2D eigenvalue weighted by atomic mass is 19.1. The summed E-state index contributed by atoms with van der Waals surface area (Å²) in [5.41, 5.74) is 0.568. The van der Waals surface area contributed by atoms with Crippen LogP contribution in [-0.2, 0) is 9.53 Å². The van der Waals surface area contributed by atoms with E-state index in [0.29, 0.717) is 30.4 Å². The van der Waals surface area contributed by atoms with E-state index >= 15 is 0 Å². The van der Waals surface area contributed by atoms with E-state index in [0.717, 1.165) is 19.6 Å². The molecule has 2 aromatic rings. The average molecular weight is 413 g/mol. The maximum Gasteiger partial charge on any atom is 0.244 e. The van der Waals surface area contributed by atoms with Crippen LogP contribution < -0.4 is 10.1 Å². The zero-order valence-electron chi connectivity index (χ0n) is 17.4. The molecule has 1 atom stereocenters. The predicted octanol–water partition coefficient (Wildman–Crippen LogP) is 3.50. The number of ether oxygens (including phenoxy) is 2. The number of carbonyl (C=O) groups excluding carboxylic acids is 1. The van der Waals surface area contributed by atoms with Crippen molar-refractivity contribution in [1.82, 2.24) is 15.2 Å². The average Bonchev–Trinajstić information content (AvgIpc) is 2.73. The summed E-state index contributed by atoms with van der Waals surface area (Å²) in [6, 6.07) is 7.95. The third-order valence-electron chi connectivity index (χ3n) is 4.60. The molecule has 7 heteroatoms. The van der Waals surface area contributed by atoms with Crippen molar-refractivity contribution in [1.29, 1.82) is 0 Å². The number of amides is 1. The Balaban J connectivity index is 1.48. The van der Waals surface area contributed by atoms with Gasteiger partial charge >= 0.3 is 0 Å². The van der Waals surface area contributed by atoms with Gasteiger partial charge in [0.25, 0.3) is 0 Å². The van der Waals surface area contributed by atoms with Gasteiger partial charge in [-0.3, -0.25) is 14.7 Å². The molecular weight excluding hydrogens is 385 g/mol. The summed E-state index contributed by atoms with van der Waals surface area (Å²) >= 11 is 0. The molecule has 160 valence electrons. The van der Waals surface area contributed by atoms with Gasteiger partial charge < -0.3 is 14.8 Å². The van der Waals surface area contributed by atoms with Gasteiger partial charge in [0.05, 0.1) is 18.9 Å². The number of nitrogens with one attached hydrogen (secondary N) is 1. The Labute approximate surface area is 176 Å². The summed E-state index contributed by atoms with van der Waals surface area (Å²) in [6.45, 7) is 8.27. The maximum absolute atomic E-state index is 14.3. The van der Waals surface area contributed by atoms with Gasteiger partial charge in [-0.2, -0.15) is 0 Å². The molecule has 1 N–H and O–H groups in total. The summed E-state index contributed by atoms with van der Waals surface area (Å²) in [7, 11) is 0. The van der Waals surface area contributed by atoms with E-state index in [1.54, 1.807) is 30.5 Å². The lowest BCUT2D eigenvalue weighted by Crippen LogP contribution is -2.48. The first-order chi connectivity index (χ1) is 14.5. The summed E-state index contributed by atoms with van der Waals surface area (Å²) in [4.78, 5) is 18.4. The first-order valence-electron chi connectivity index (χ1n) is 10.2. The molecular formula is C23H28FN3O3. The number of aromatic nitrogens is 1. The SMILES string of the molecule is CC(C)CN1CCOC(CNC(=O)/C=C/c2ccc(Oc3cccnc3)c(F)c2)C1. The highest BCUT2D eigenvalue weighted by Crippen LogP contribution is 2.24. The second kappa shape index (κ2) is 10.8. The number of halogens is 1. The Bertz CT molecular complexity index is 858. The smallest absolute Gasteiger partial charge is 0.244 e. The van der Waals surface area contributed by atoms with Crippen molar-refractivity contribution in [3.63, 3.8) is 0 Å². The molecule has 3 rings (SSSR count). The number of hydrogen-bond acceptors (Lipinski definition) is 5. The number of hydrogen-bond donors (Lipinski definition) is 1. The Morgan fingerprint density at radius 3 is 3.03 bits per heavy atom. The molecule has 1 fully saturated rings. The lowest BCUT2D eigenvalue weighted by molar-refractivity contribution is -0.117. The van der Waals surface area contributed by atoms with Crippen LogP contribution in [0.2, 0.25) is 0 Å². The molecule has 1 aliphatic rings. The molecule has 1 unspecified atom stereocenters. The monoisotopic (exact) mass is 413 g/mol. The summed E-state index contributed by atoms with van der Waals surface area (Å²) in [5.74, 6) is 0.404. The molecule has 0 spiro atoms. The second-order valence-electron chi connectivity index (χ2n) is 7.71. The number of carbonyl (C=O) groups is 1. The number of nitrogens with zero attached hydrogens (tertiary/aromatic N) is 2. The van der Waals surface area contributed by atoms with Gasteiger partial charge in [0.2, 0.25) is 5.91 Å². The molecule has 2 heterocycles. The van der Waals surface area contributed by atoms with Gasteiger partial charge in [-0.1, -0.05) is 19.9 Å². The zero-order valence-corrected chi connectivity index (χ0v) is 17.4. The minimum atomic E-state index is -0.512. The van der Waals surface area contributed by atoms with E-state index in [4.69, 9.17) is 9.47 Å². The lowest BCUT2D eigenvalue weighted by atomic mass is 10.1. The molecule has 30 heavy (non-hydrogen) atoms. The molecule has 1 saturated heterocycles. The minimum absolute atomic E-state index is 0.0174. The molecule has 0 bridgehead atoms. The van der Waals surface area contributed by atoms with Crippen LogP contribution >= 0.6 is 0 Å². The molecule has 6 nitrogen and oxygen atoms in total. The van der Waals surface area contributed by atoms with E-state index in [1.165, 1.54) is 24.4 Å². The van der Waals surface area contributed by atoms with E-state index in [2.05, 4.69) is 29.0 Å². The van der Waals surface area contributed by atoms with Crippen molar-refractivity contribution in [2.45, 2.75) is 20.0 Å². The Kier molecular flexibility index (Phi) is 7.93. The highest BCUT2D eigenvalue weighted by Gasteiger charge is 2.21. The summed E-state index contributed by atoms with van der Waals surface area (Å²) in [5, 5.41) is 2.85. The van der Waals surface area contributed by atoms with Crippen LogP contribution in [0.4, 0.5) is 4.39 Å². The first kappa shape index (κ1) is 21.9. The third-order valence-corrected chi connectivity index (χ3v) is 4.60. The van der Waals surface area contributed by atoms with Crippen molar-refractivity contribution >= 4 is 12.0 Å². The predicted molar refractivity (Wildman–Crippen MR) is 114 cm³/mol. The van der Waals surface area contributed by atoms with Crippen LogP contribution in [0.5, 0.6) is 11.5 Å². The number of morpholine rings is 1. The van der Waals surface area contributed by atoms with Gasteiger partial charge in [-0.05, 0) is 41.8 Å². The van der Waals surface area contributed by atoms with Gasteiger partial charge in [0, 0.05) is 38.5 Å². The van der Waals surface area contributed by atoms with Crippen LogP contribution in [0, 0.1) is 11.7 Å². The highest BCUT2D eigenvalue weighted by molar-refractivity contribution is 5.91. The third kappa shape index (κ3) is 6.93. The molecule has 1 aliphatic heterocycles. The van der Waals surface area contributed by atoms with Crippen LogP contribution in [0.25, 0.3) is 6.08 Å². The molecule has 0 aliphatic carbocycles. The van der Waals surface area contributed by atoms with Crippen molar-refractivity contribution in [2.75, 3.05) is 32.8 Å². The molecule has 0 radical (unpaired) electrons. The van der Waals surface area contributed by atoms with Crippen molar-refractivity contribution in [3.8, 4) is 11.5 Å². The largest absolute Gasteiger partial charge is 0.453 e. The van der Waals surface area contributed by atoms with E-state index in [9.17, 15) is 9.18 Å². The normalized spacial score (nSPS) is 17.4. The fourth-order valence-electron chi connectivity index (χ4n) is 3.27. The summed E-state index contributed by atoms with van der Waals surface area (Å²) < 4.78 is 25.5. The zero-order chi connectivity index (χ0) is 21.3. The van der Waals surface area contributed by atoms with Gasteiger partial charge in [-0.25, -0.2) is 4.39 Å². The van der Waals surface area contributed by atoms with Crippen LogP contribution in [0.15, 0.2) is 48.8 Å². The van der Waals surface area contributed by atoms with Crippen LogP contribution in [0.1, 0.15) is 19.4 Å². The number of benzene rings is 1. The fraction of sp³-hybridized carbons (Fsp3) is 0.391. The topological polar surface area (TPSA) is 63.7 Å². The molecule has 1 amide bonds. The fourth-order valence-corrected chi connectivity index (χ4v) is 3.27. The Morgan fingerprint density at radius 2 is 2.30 bits per heavy atom. The minimum Gasteiger partial charge on any atom is -0.453 e. The van der Waals surface area contributed by atoms with Crippen LogP contribution in [-0.4, -0.2) is 54.7 Å². The van der Waals surface area contributed by atoms with Crippen molar-refractivity contribution in [2.24, 2.45) is 5.92 Å². The maximum atomic E-state index is 14.3. The summed E-state index contributed by atoms with van der Waals surface area (Å²) in [6.07, 6.45) is 6.07. The lowest BCUT2D eigenvalue weighted by Gasteiger charge is -2.33.